The summed E-state index contributed by atoms with van der Waals surface area (Å²) in [7, 11) is 1.51. The van der Waals surface area contributed by atoms with E-state index in [0.29, 0.717) is 29.3 Å². The Morgan fingerprint density at radius 3 is 2.32 bits per heavy atom. The Hall–Kier alpha value is -3.35. The lowest BCUT2D eigenvalue weighted by molar-refractivity contribution is -0.120. The van der Waals surface area contributed by atoms with Gasteiger partial charge < -0.3 is 14.8 Å². The molecule has 0 atom stereocenters. The van der Waals surface area contributed by atoms with Crippen molar-refractivity contribution in [2.24, 2.45) is 0 Å². The summed E-state index contributed by atoms with van der Waals surface area (Å²) in [6.45, 7) is 5.14. The van der Waals surface area contributed by atoms with Gasteiger partial charge in [-0.1, -0.05) is 6.07 Å². The number of methoxy groups -OCH3 is 1. The Labute approximate surface area is 164 Å². The quantitative estimate of drug-likeness (QED) is 0.741. The summed E-state index contributed by atoms with van der Waals surface area (Å²) in [5.41, 5.74) is 2.38. The van der Waals surface area contributed by atoms with E-state index in [1.807, 2.05) is 13.0 Å². The van der Waals surface area contributed by atoms with E-state index in [-0.39, 0.29) is 18.4 Å². The third kappa shape index (κ3) is 5.33. The molecular formula is C21H24N2O5. The lowest BCUT2D eigenvalue weighted by atomic mass is 10.2. The average molecular weight is 384 g/mol. The molecule has 0 aliphatic rings. The highest BCUT2D eigenvalue weighted by Gasteiger charge is 2.20. The van der Waals surface area contributed by atoms with Crippen LogP contribution in [0.15, 0.2) is 42.5 Å². The van der Waals surface area contributed by atoms with Gasteiger partial charge in [-0.15, -0.1) is 0 Å². The second kappa shape index (κ2) is 9.55. The molecule has 2 aromatic carbocycles. The van der Waals surface area contributed by atoms with Gasteiger partial charge in [-0.05, 0) is 55.8 Å². The van der Waals surface area contributed by atoms with E-state index in [4.69, 9.17) is 9.47 Å². The molecule has 0 heterocycles. The molecular weight excluding hydrogens is 360 g/mol. The summed E-state index contributed by atoms with van der Waals surface area (Å²) in [6, 6.07) is 11.8. The second-order valence-electron chi connectivity index (χ2n) is 6.13. The van der Waals surface area contributed by atoms with Gasteiger partial charge in [-0.2, -0.15) is 0 Å². The zero-order chi connectivity index (χ0) is 20.7. The van der Waals surface area contributed by atoms with Crippen molar-refractivity contribution in [3.63, 3.8) is 0 Å². The first kappa shape index (κ1) is 21.0. The maximum atomic E-state index is 12.5. The van der Waals surface area contributed by atoms with E-state index in [1.165, 1.54) is 18.9 Å². The largest absolute Gasteiger partial charge is 0.495 e. The number of ether oxygens (including phenoxy) is 2. The Morgan fingerprint density at radius 1 is 1.07 bits per heavy atom. The van der Waals surface area contributed by atoms with Crippen LogP contribution < -0.4 is 15.0 Å². The van der Waals surface area contributed by atoms with Gasteiger partial charge in [0, 0.05) is 12.6 Å². The molecule has 7 nitrogen and oxygen atoms in total. The molecule has 1 N–H and O–H groups in total. The number of esters is 1. The number of carbonyl (C=O) groups excluding carboxylic acids is 3. The normalized spacial score (nSPS) is 10.1. The number of carbonyl (C=O) groups is 3. The van der Waals surface area contributed by atoms with E-state index >= 15 is 0 Å². The average Bonchev–Trinajstić information content (AvgIpc) is 2.66. The van der Waals surface area contributed by atoms with Gasteiger partial charge in [0.05, 0.1) is 25.0 Å². The molecule has 0 bridgehead atoms. The van der Waals surface area contributed by atoms with Crippen LogP contribution in [0.25, 0.3) is 0 Å². The number of benzene rings is 2. The summed E-state index contributed by atoms with van der Waals surface area (Å²) in [5.74, 6) is -0.568. The second-order valence-corrected chi connectivity index (χ2v) is 6.13. The van der Waals surface area contributed by atoms with Crippen LogP contribution in [0, 0.1) is 6.92 Å². The molecule has 0 saturated carbocycles. The molecule has 0 spiro atoms. The fourth-order valence-corrected chi connectivity index (χ4v) is 2.63. The first-order chi connectivity index (χ1) is 13.3. The van der Waals surface area contributed by atoms with Gasteiger partial charge in [0.2, 0.25) is 11.8 Å². The van der Waals surface area contributed by atoms with Gasteiger partial charge in [0.25, 0.3) is 0 Å². The third-order valence-corrected chi connectivity index (χ3v) is 3.99. The van der Waals surface area contributed by atoms with Gasteiger partial charge in [-0.3, -0.25) is 14.5 Å². The third-order valence-electron chi connectivity index (χ3n) is 3.99. The molecule has 148 valence electrons. The Balaban J connectivity index is 2.12. The molecule has 0 radical (unpaired) electrons. The minimum Gasteiger partial charge on any atom is -0.495 e. The highest BCUT2D eigenvalue weighted by atomic mass is 16.5. The van der Waals surface area contributed by atoms with Crippen LogP contribution in [0.4, 0.5) is 11.4 Å². The van der Waals surface area contributed by atoms with Crippen molar-refractivity contribution in [1.29, 1.82) is 0 Å². The predicted molar refractivity (Wildman–Crippen MR) is 107 cm³/mol. The fourth-order valence-electron chi connectivity index (χ4n) is 2.63. The van der Waals surface area contributed by atoms with E-state index < -0.39 is 5.97 Å². The molecule has 0 saturated heterocycles. The van der Waals surface area contributed by atoms with Gasteiger partial charge in [0.15, 0.2) is 0 Å². The van der Waals surface area contributed by atoms with Crippen LogP contribution in [0.1, 0.15) is 29.8 Å². The van der Waals surface area contributed by atoms with Gasteiger partial charge in [-0.25, -0.2) is 4.79 Å². The van der Waals surface area contributed by atoms with Gasteiger partial charge >= 0.3 is 5.97 Å². The highest BCUT2D eigenvalue weighted by Crippen LogP contribution is 2.29. The van der Waals surface area contributed by atoms with E-state index in [0.717, 1.165) is 5.56 Å². The molecule has 2 aromatic rings. The van der Waals surface area contributed by atoms with E-state index in [1.54, 1.807) is 43.3 Å². The smallest absolute Gasteiger partial charge is 0.338 e. The Bertz CT molecular complexity index is 862. The fraction of sp³-hybridized carbons (Fsp3) is 0.286. The molecule has 7 heteroatoms. The van der Waals surface area contributed by atoms with Crippen molar-refractivity contribution < 1.29 is 23.9 Å². The lowest BCUT2D eigenvalue weighted by Crippen LogP contribution is -2.37. The molecule has 0 aliphatic carbocycles. The SMILES string of the molecule is CCOC(=O)c1ccc(NC(=O)CN(C(C)=O)c2cc(C)ccc2OC)cc1. The summed E-state index contributed by atoms with van der Waals surface area (Å²) >= 11 is 0. The number of hydrogen-bond acceptors (Lipinski definition) is 5. The monoisotopic (exact) mass is 384 g/mol. The van der Waals surface area contributed by atoms with Crippen molar-refractivity contribution in [2.75, 3.05) is 30.5 Å². The zero-order valence-electron chi connectivity index (χ0n) is 16.4. The van der Waals surface area contributed by atoms with Gasteiger partial charge in [0.1, 0.15) is 12.3 Å². The molecule has 2 rings (SSSR count). The van der Waals surface area contributed by atoms with Crippen molar-refractivity contribution in [3.8, 4) is 5.75 Å². The summed E-state index contributed by atoms with van der Waals surface area (Å²) in [5, 5.41) is 2.72. The molecule has 2 amide bonds. The van der Waals surface area contributed by atoms with Crippen molar-refractivity contribution in [1.82, 2.24) is 0 Å². The number of rotatable bonds is 7. The molecule has 0 aliphatic heterocycles. The Kier molecular flexibility index (Phi) is 7.14. The maximum Gasteiger partial charge on any atom is 0.338 e. The van der Waals surface area contributed by atoms with Crippen LogP contribution in [-0.2, 0) is 14.3 Å². The van der Waals surface area contributed by atoms with Crippen LogP contribution >= 0.6 is 0 Å². The van der Waals surface area contributed by atoms with Crippen molar-refractivity contribution in [3.05, 3.63) is 53.6 Å². The molecule has 0 unspecified atom stereocenters. The van der Waals surface area contributed by atoms with E-state index in [2.05, 4.69) is 5.32 Å². The topological polar surface area (TPSA) is 84.9 Å². The van der Waals surface area contributed by atoms with Crippen molar-refractivity contribution >= 4 is 29.2 Å². The standard InChI is InChI=1S/C21H24N2O5/c1-5-28-21(26)16-7-9-17(10-8-16)22-20(25)13-23(15(3)24)18-12-14(2)6-11-19(18)27-4/h6-12H,5,13H2,1-4H3,(H,22,25). The minimum atomic E-state index is -0.422. The van der Waals surface area contributed by atoms with Crippen LogP contribution in [0.2, 0.25) is 0 Å². The summed E-state index contributed by atoms with van der Waals surface area (Å²) in [6.07, 6.45) is 0. The van der Waals surface area contributed by atoms with Crippen molar-refractivity contribution in [2.45, 2.75) is 20.8 Å². The number of amides is 2. The lowest BCUT2D eigenvalue weighted by Gasteiger charge is -2.23. The number of anilines is 2. The Morgan fingerprint density at radius 2 is 1.75 bits per heavy atom. The molecule has 0 aromatic heterocycles. The van der Waals surface area contributed by atoms with Crippen LogP contribution in [0.5, 0.6) is 5.75 Å². The van der Waals surface area contributed by atoms with Crippen LogP contribution in [0.3, 0.4) is 0 Å². The predicted octanol–water partition coefficient (Wildman–Crippen LogP) is 3.17. The van der Waals surface area contributed by atoms with E-state index in [9.17, 15) is 14.4 Å². The minimum absolute atomic E-state index is 0.172. The molecule has 28 heavy (non-hydrogen) atoms. The van der Waals surface area contributed by atoms with Crippen LogP contribution in [-0.4, -0.2) is 38.0 Å². The first-order valence-corrected chi connectivity index (χ1v) is 8.85. The highest BCUT2D eigenvalue weighted by molar-refractivity contribution is 6.02. The number of aryl methyl sites for hydroxylation is 1. The number of nitrogens with one attached hydrogen (secondary N) is 1. The maximum absolute atomic E-state index is 12.5. The number of nitrogens with zero attached hydrogens (tertiary/aromatic N) is 1. The first-order valence-electron chi connectivity index (χ1n) is 8.85. The molecule has 0 fully saturated rings. The summed E-state index contributed by atoms with van der Waals surface area (Å²) in [4.78, 5) is 37.6. The summed E-state index contributed by atoms with van der Waals surface area (Å²) < 4.78 is 10.2. The number of hydrogen-bond donors (Lipinski definition) is 1. The zero-order valence-corrected chi connectivity index (χ0v) is 16.4.